The number of aliphatic hydroxyl groups is 1. The molecule has 0 aliphatic rings. The Hall–Kier alpha value is -3.58. The predicted molar refractivity (Wildman–Crippen MR) is 175 cm³/mol. The van der Waals surface area contributed by atoms with Crippen molar-refractivity contribution in [1.29, 1.82) is 0 Å². The number of aromatic nitrogens is 2. The first-order valence-electron chi connectivity index (χ1n) is 15.3. The molecule has 0 aromatic carbocycles. The van der Waals surface area contributed by atoms with E-state index in [0.717, 1.165) is 11.4 Å². The maximum absolute atomic E-state index is 13.3. The van der Waals surface area contributed by atoms with Crippen molar-refractivity contribution in [1.82, 2.24) is 31.0 Å². The van der Waals surface area contributed by atoms with Crippen LogP contribution in [0.1, 0.15) is 63.6 Å². The molecule has 0 saturated heterocycles. The minimum atomic E-state index is -1.08. The molecule has 12 nitrogen and oxygen atoms in total. The third-order valence-electron chi connectivity index (χ3n) is 7.44. The van der Waals surface area contributed by atoms with E-state index in [1.165, 1.54) is 6.26 Å². The molecule has 2 heterocycles. The average Bonchev–Trinajstić information content (AvgIpc) is 3.63. The van der Waals surface area contributed by atoms with Crippen LogP contribution in [0.2, 0.25) is 0 Å². The molecular weight excluding hydrogens is 596 g/mol. The van der Waals surface area contributed by atoms with Gasteiger partial charge >= 0.3 is 0 Å². The zero-order valence-corrected chi connectivity index (χ0v) is 28.1. The summed E-state index contributed by atoms with van der Waals surface area (Å²) in [4.78, 5) is 52.0. The number of carbonyl (C=O) groups is 4. The van der Waals surface area contributed by atoms with Crippen LogP contribution in [0.25, 0.3) is 0 Å². The van der Waals surface area contributed by atoms with Gasteiger partial charge in [-0.05, 0) is 69.2 Å². The van der Waals surface area contributed by atoms with E-state index in [9.17, 15) is 24.3 Å². The molecule has 0 bridgehead atoms. The number of hydrogen-bond donors (Lipinski definition) is 5. The number of furan rings is 1. The summed E-state index contributed by atoms with van der Waals surface area (Å²) >= 11 is 1.56. The Kier molecular flexibility index (Phi) is 15.9. The Morgan fingerprint density at radius 2 is 1.84 bits per heavy atom. The molecule has 45 heavy (non-hydrogen) atoms. The van der Waals surface area contributed by atoms with E-state index in [0.29, 0.717) is 24.5 Å². The van der Waals surface area contributed by atoms with Crippen LogP contribution < -0.4 is 21.3 Å². The first-order valence-corrected chi connectivity index (χ1v) is 16.7. The summed E-state index contributed by atoms with van der Waals surface area (Å²) in [7, 11) is 0. The lowest BCUT2D eigenvalue weighted by molar-refractivity contribution is -0.132. The quantitative estimate of drug-likeness (QED) is 0.137. The molecule has 0 radical (unpaired) electrons. The fraction of sp³-hybridized carbons (Fsp3) is 0.594. The summed E-state index contributed by atoms with van der Waals surface area (Å²) in [5, 5.41) is 26.7. The molecule has 2 aromatic rings. The standard InChI is InChI=1S/C32H50N6O6S/c1-8-10-25(35-31(42)26(13-16-45-7)34-28(40)12-14-38-23(6)18-22(5)37-38)27(39)17-21(4)30(41)36-29(20(2)3)32(43)33-19-24-11-9-15-44-24/h8-9,11,15,18,20-21,25-27,29,39H,1,10,12-14,16-17,19H2,2-7H3,(H,33,43)(H,34,40)(H,35,42)(H,36,41)/t21-,25+,26+,27+,29+/m1/s1. The second-order valence-electron chi connectivity index (χ2n) is 11.7. The molecule has 250 valence electrons. The van der Waals surface area contributed by atoms with Gasteiger partial charge in [0.05, 0.1) is 30.6 Å². The molecule has 2 rings (SSSR count). The molecule has 0 spiro atoms. The van der Waals surface area contributed by atoms with Crippen LogP contribution in [0.4, 0.5) is 0 Å². The Morgan fingerprint density at radius 1 is 1.11 bits per heavy atom. The van der Waals surface area contributed by atoms with Gasteiger partial charge in [-0.25, -0.2) is 0 Å². The zero-order valence-electron chi connectivity index (χ0n) is 27.3. The van der Waals surface area contributed by atoms with E-state index in [-0.39, 0.29) is 43.5 Å². The van der Waals surface area contributed by atoms with E-state index in [2.05, 4.69) is 32.9 Å². The van der Waals surface area contributed by atoms with Gasteiger partial charge in [-0.15, -0.1) is 6.58 Å². The van der Waals surface area contributed by atoms with Crippen molar-refractivity contribution < 1.29 is 28.7 Å². The number of nitrogens with zero attached hydrogens (tertiary/aromatic N) is 2. The predicted octanol–water partition coefficient (Wildman–Crippen LogP) is 2.63. The molecule has 4 amide bonds. The number of carbonyl (C=O) groups excluding carboxylic acids is 4. The van der Waals surface area contributed by atoms with Gasteiger partial charge < -0.3 is 30.8 Å². The number of aliphatic hydroxyl groups excluding tert-OH is 1. The fourth-order valence-corrected chi connectivity index (χ4v) is 5.29. The average molecular weight is 647 g/mol. The van der Waals surface area contributed by atoms with E-state index < -0.39 is 42.0 Å². The van der Waals surface area contributed by atoms with Crippen LogP contribution in [0.5, 0.6) is 0 Å². The van der Waals surface area contributed by atoms with Crippen LogP contribution in [-0.2, 0) is 32.3 Å². The highest BCUT2D eigenvalue weighted by Crippen LogP contribution is 2.15. The minimum Gasteiger partial charge on any atom is -0.467 e. The zero-order chi connectivity index (χ0) is 33.5. The highest BCUT2D eigenvalue weighted by molar-refractivity contribution is 7.98. The van der Waals surface area contributed by atoms with Crippen molar-refractivity contribution in [2.45, 2.75) is 97.6 Å². The largest absolute Gasteiger partial charge is 0.467 e. The summed E-state index contributed by atoms with van der Waals surface area (Å²) in [5.41, 5.74) is 1.82. The lowest BCUT2D eigenvalue weighted by Gasteiger charge is -2.28. The Morgan fingerprint density at radius 3 is 2.42 bits per heavy atom. The third-order valence-corrected chi connectivity index (χ3v) is 8.08. The first-order chi connectivity index (χ1) is 21.4. The SMILES string of the molecule is C=CC[C@H](NC(=O)[C@H](CCSC)NC(=O)CCn1nc(C)cc1C)[C@@H](O)C[C@@H](C)C(=O)N[C@H](C(=O)NCc1ccco1)C(C)C. The molecule has 0 aliphatic carbocycles. The first kappa shape index (κ1) is 37.6. The summed E-state index contributed by atoms with van der Waals surface area (Å²) < 4.78 is 7.01. The lowest BCUT2D eigenvalue weighted by Crippen LogP contribution is -2.53. The van der Waals surface area contributed by atoms with E-state index in [4.69, 9.17) is 4.42 Å². The Balaban J connectivity index is 1.97. The van der Waals surface area contributed by atoms with Crippen LogP contribution in [0, 0.1) is 25.7 Å². The van der Waals surface area contributed by atoms with Crippen molar-refractivity contribution in [2.75, 3.05) is 12.0 Å². The molecule has 0 fully saturated rings. The lowest BCUT2D eigenvalue weighted by atomic mass is 9.94. The molecule has 5 atom stereocenters. The Bertz CT molecular complexity index is 1250. The van der Waals surface area contributed by atoms with Gasteiger partial charge in [0.15, 0.2) is 0 Å². The normalized spacial score (nSPS) is 14.6. The van der Waals surface area contributed by atoms with Crippen LogP contribution in [0.3, 0.4) is 0 Å². The Labute approximate surface area is 270 Å². The number of hydrogen-bond acceptors (Lipinski definition) is 8. The number of aryl methyl sites for hydroxylation is 3. The number of amides is 4. The van der Waals surface area contributed by atoms with E-state index in [1.54, 1.807) is 41.6 Å². The van der Waals surface area contributed by atoms with Crippen molar-refractivity contribution in [3.05, 3.63) is 54.3 Å². The smallest absolute Gasteiger partial charge is 0.243 e. The summed E-state index contributed by atoms with van der Waals surface area (Å²) in [5.74, 6) is -1.03. The van der Waals surface area contributed by atoms with Gasteiger partial charge in [0.1, 0.15) is 17.8 Å². The van der Waals surface area contributed by atoms with Crippen molar-refractivity contribution in [2.24, 2.45) is 11.8 Å². The second-order valence-corrected chi connectivity index (χ2v) is 12.7. The molecule has 0 unspecified atom stereocenters. The van der Waals surface area contributed by atoms with Gasteiger partial charge in [0, 0.05) is 24.6 Å². The maximum atomic E-state index is 13.3. The van der Waals surface area contributed by atoms with Crippen LogP contribution in [-0.4, -0.2) is 74.8 Å². The molecule has 5 N–H and O–H groups in total. The van der Waals surface area contributed by atoms with Gasteiger partial charge in [-0.1, -0.05) is 26.8 Å². The third kappa shape index (κ3) is 12.7. The van der Waals surface area contributed by atoms with Gasteiger partial charge in [0.25, 0.3) is 0 Å². The van der Waals surface area contributed by atoms with Crippen molar-refractivity contribution in [3.8, 4) is 0 Å². The van der Waals surface area contributed by atoms with E-state index >= 15 is 0 Å². The highest BCUT2D eigenvalue weighted by atomic mass is 32.2. The van der Waals surface area contributed by atoms with Crippen molar-refractivity contribution >= 4 is 35.4 Å². The minimum absolute atomic E-state index is 0.0356. The summed E-state index contributed by atoms with van der Waals surface area (Å²) in [6.07, 6.45) is 4.80. The molecule has 2 aromatic heterocycles. The van der Waals surface area contributed by atoms with E-state index in [1.807, 2.05) is 40.0 Å². The summed E-state index contributed by atoms with van der Waals surface area (Å²) in [6.45, 7) is 13.5. The fourth-order valence-electron chi connectivity index (χ4n) is 4.82. The number of rotatable bonds is 20. The molecular formula is C32H50N6O6S. The van der Waals surface area contributed by atoms with Gasteiger partial charge in [-0.3, -0.25) is 23.9 Å². The molecule has 0 saturated carbocycles. The van der Waals surface area contributed by atoms with Crippen LogP contribution >= 0.6 is 11.8 Å². The van der Waals surface area contributed by atoms with Crippen molar-refractivity contribution in [3.63, 3.8) is 0 Å². The van der Waals surface area contributed by atoms with Gasteiger partial charge in [0.2, 0.25) is 23.6 Å². The topological polar surface area (TPSA) is 168 Å². The van der Waals surface area contributed by atoms with Gasteiger partial charge in [-0.2, -0.15) is 16.9 Å². The monoisotopic (exact) mass is 646 g/mol. The van der Waals surface area contributed by atoms with Crippen LogP contribution in [0.15, 0.2) is 41.5 Å². The second kappa shape index (κ2) is 19.1. The molecule has 13 heteroatoms. The number of thioether (sulfide) groups is 1. The number of nitrogens with one attached hydrogen (secondary N) is 4. The molecule has 0 aliphatic heterocycles. The summed E-state index contributed by atoms with van der Waals surface area (Å²) in [6, 6.07) is 3.10. The maximum Gasteiger partial charge on any atom is 0.243 e. The highest BCUT2D eigenvalue weighted by Gasteiger charge is 2.31.